The number of aliphatic hydroxyl groups excluding tert-OH is 3. The lowest BCUT2D eigenvalue weighted by Crippen LogP contribution is -2.35. The van der Waals surface area contributed by atoms with Gasteiger partial charge in [0.05, 0.1) is 28.8 Å². The molecule has 2 heterocycles. The Morgan fingerprint density at radius 2 is 1.51 bits per heavy atom. The van der Waals surface area contributed by atoms with Gasteiger partial charge in [-0.25, -0.2) is 0 Å². The minimum Gasteiger partial charge on any atom is -0.507 e. The molecule has 306 valence electrons. The number of fused-ring (bicyclic) bond motifs is 18. The third-order valence-electron chi connectivity index (χ3n) is 9.84. The fraction of sp³-hybridized carbons (Fsp3) is 0.409. The van der Waals surface area contributed by atoms with Crippen LogP contribution in [-0.4, -0.2) is 86.0 Å². The van der Waals surface area contributed by atoms with Crippen molar-refractivity contribution in [1.29, 1.82) is 0 Å². The van der Waals surface area contributed by atoms with Crippen LogP contribution in [0.15, 0.2) is 88.1 Å². The van der Waals surface area contributed by atoms with Crippen molar-refractivity contribution in [1.82, 2.24) is 10.6 Å². The standard InChI is InChI=1S/C44H54N2O10S/c1-23-12-10-9-11-13-26(4)44(56)46-37-41(54)32-21-29(7)40(53)36(35(32)42(55)43(37)57-19-18-45-30(8)47)39(52)28(6)20-27(5)38(51)25(3)15-17-31(48)16-14-24(2)34(50)22-33(23)49/h9-15,17,20-21,23,25,27,31,33,38,48-49,51,53H,16,18-19,22H2,1-8H3,(H,45,47)(H,46,56)/b11-9-,12-10-,17-15-,24-14-,26-13-,28-20-/t23-,25-,27-,31-,33-,38-/m0/s1. The second kappa shape index (κ2) is 21.0. The lowest BCUT2D eigenvalue weighted by molar-refractivity contribution is -0.119. The fourth-order valence-electron chi connectivity index (χ4n) is 6.15. The first kappa shape index (κ1) is 46.4. The van der Waals surface area contributed by atoms with Crippen LogP contribution in [0.5, 0.6) is 5.75 Å². The van der Waals surface area contributed by atoms with E-state index in [9.17, 15) is 49.2 Å². The number of hydrogen-bond donors (Lipinski definition) is 6. The number of phenols is 1. The molecule has 12 nitrogen and oxygen atoms in total. The van der Waals surface area contributed by atoms with E-state index < -0.39 is 65.1 Å². The fourth-order valence-corrected chi connectivity index (χ4v) is 7.08. The lowest BCUT2D eigenvalue weighted by atomic mass is 9.83. The molecule has 0 saturated carbocycles. The molecule has 3 aliphatic rings. The van der Waals surface area contributed by atoms with Crippen LogP contribution in [0.3, 0.4) is 0 Å². The predicted octanol–water partition coefficient (Wildman–Crippen LogP) is 5.32. The van der Waals surface area contributed by atoms with Crippen LogP contribution in [0.1, 0.15) is 97.9 Å². The number of rotatable bonds is 4. The van der Waals surface area contributed by atoms with Crippen LogP contribution in [0.25, 0.3) is 0 Å². The molecule has 57 heavy (non-hydrogen) atoms. The molecule has 6 N–H and O–H groups in total. The number of aromatic hydroxyl groups is 1. The smallest absolute Gasteiger partial charge is 0.251 e. The van der Waals surface area contributed by atoms with Crippen LogP contribution < -0.4 is 10.6 Å². The van der Waals surface area contributed by atoms with Crippen molar-refractivity contribution in [2.45, 2.75) is 86.5 Å². The summed E-state index contributed by atoms with van der Waals surface area (Å²) in [5.74, 6) is -5.43. The van der Waals surface area contributed by atoms with E-state index in [-0.39, 0.29) is 80.8 Å². The van der Waals surface area contributed by atoms with Gasteiger partial charge in [0.15, 0.2) is 11.6 Å². The minimum absolute atomic E-state index is 0.0847. The van der Waals surface area contributed by atoms with Gasteiger partial charge < -0.3 is 31.1 Å². The first-order valence-corrected chi connectivity index (χ1v) is 19.8. The Labute approximate surface area is 338 Å². The highest BCUT2D eigenvalue weighted by Crippen LogP contribution is 2.39. The Kier molecular flexibility index (Phi) is 17.1. The number of carbonyl (C=O) groups excluding carboxylic acids is 6. The van der Waals surface area contributed by atoms with E-state index in [0.29, 0.717) is 5.57 Å². The molecule has 0 spiro atoms. The molecule has 0 saturated heterocycles. The van der Waals surface area contributed by atoms with E-state index >= 15 is 0 Å². The molecule has 0 unspecified atom stereocenters. The van der Waals surface area contributed by atoms with Gasteiger partial charge in [0, 0.05) is 60.1 Å². The number of aryl methyl sites for hydroxylation is 1. The molecule has 0 radical (unpaired) electrons. The van der Waals surface area contributed by atoms with Crippen LogP contribution >= 0.6 is 11.8 Å². The molecule has 4 rings (SSSR count). The number of nitrogens with one attached hydrogen (secondary N) is 2. The topological polar surface area (TPSA) is 207 Å². The second-order valence-corrected chi connectivity index (χ2v) is 15.7. The summed E-state index contributed by atoms with van der Waals surface area (Å²) in [6.45, 7) is 12.7. The van der Waals surface area contributed by atoms with Crippen molar-refractivity contribution in [3.63, 3.8) is 0 Å². The van der Waals surface area contributed by atoms with Crippen molar-refractivity contribution in [3.05, 3.63) is 110 Å². The number of phenolic OH excluding ortho intramolecular Hbond substituents is 1. The molecule has 6 atom stereocenters. The maximum atomic E-state index is 14.4. The van der Waals surface area contributed by atoms with Gasteiger partial charge in [-0.15, -0.1) is 11.8 Å². The van der Waals surface area contributed by atoms with Crippen molar-refractivity contribution < 1.29 is 49.2 Å². The first-order valence-electron chi connectivity index (χ1n) is 18.8. The van der Waals surface area contributed by atoms with Crippen LogP contribution in [-0.2, 0) is 14.4 Å². The first-order chi connectivity index (χ1) is 26.8. The molecular formula is C44H54N2O10S. The molecule has 0 fully saturated rings. The van der Waals surface area contributed by atoms with E-state index in [1.165, 1.54) is 52.0 Å². The number of carbonyl (C=O) groups is 6. The number of Topliss-reactive ketones (excluding diaryl/α,β-unsaturated/α-hetero) is 4. The maximum absolute atomic E-state index is 14.4. The third kappa shape index (κ3) is 12.3. The van der Waals surface area contributed by atoms with Crippen molar-refractivity contribution in [2.24, 2.45) is 17.8 Å². The zero-order valence-electron chi connectivity index (χ0n) is 33.7. The molecular weight excluding hydrogens is 749 g/mol. The van der Waals surface area contributed by atoms with Crippen LogP contribution in [0, 0.1) is 24.7 Å². The van der Waals surface area contributed by atoms with Gasteiger partial charge in [-0.05, 0) is 56.9 Å². The van der Waals surface area contributed by atoms with Crippen molar-refractivity contribution >= 4 is 46.7 Å². The summed E-state index contributed by atoms with van der Waals surface area (Å²) in [6.07, 6.45) is 11.3. The molecule has 1 aliphatic carbocycles. The third-order valence-corrected chi connectivity index (χ3v) is 10.9. The number of aliphatic hydroxyl groups is 3. The van der Waals surface area contributed by atoms with Gasteiger partial charge in [0.25, 0.3) is 5.91 Å². The Morgan fingerprint density at radius 1 is 0.825 bits per heavy atom. The average molecular weight is 803 g/mol. The lowest BCUT2D eigenvalue weighted by Gasteiger charge is -2.25. The number of amides is 2. The number of allylic oxidation sites excluding steroid dienone is 8. The molecule has 0 aromatic heterocycles. The Hall–Kier alpha value is -4.95. The summed E-state index contributed by atoms with van der Waals surface area (Å²) in [4.78, 5) is 80.3. The highest BCUT2D eigenvalue weighted by molar-refractivity contribution is 8.04. The highest BCUT2D eigenvalue weighted by Gasteiger charge is 2.39. The second-order valence-electron chi connectivity index (χ2n) is 14.6. The molecule has 1 aromatic rings. The Bertz CT molecular complexity index is 2000. The summed E-state index contributed by atoms with van der Waals surface area (Å²) in [5.41, 5.74) is -0.410. The summed E-state index contributed by atoms with van der Waals surface area (Å²) in [7, 11) is 0. The average Bonchev–Trinajstić information content (AvgIpc) is 3.16. The Balaban J connectivity index is 2.17. The molecule has 1 aromatic carbocycles. The van der Waals surface area contributed by atoms with E-state index in [2.05, 4.69) is 10.6 Å². The van der Waals surface area contributed by atoms with Gasteiger partial charge in [-0.1, -0.05) is 75.5 Å². The van der Waals surface area contributed by atoms with Gasteiger partial charge in [0.2, 0.25) is 17.5 Å². The SMILES string of the molecule is CC(=O)NCCSC1=C2NC(=O)\C(C)=C/C=C\C=C/[C@H](C)[C@@H](O)CC(=O)/C(C)=C\C[C@H](O)/C=C\[C@H](C)[C@H](O)[C@@H](C)/C=C(/C)C(=O)c3c(O)c(C)cc(c3C1=O)C2=O. The van der Waals surface area contributed by atoms with Gasteiger partial charge in [0.1, 0.15) is 11.4 Å². The zero-order valence-corrected chi connectivity index (χ0v) is 34.5. The summed E-state index contributed by atoms with van der Waals surface area (Å²) in [6, 6.07) is 1.30. The van der Waals surface area contributed by atoms with E-state index in [1.807, 2.05) is 0 Å². The van der Waals surface area contributed by atoms with Crippen LogP contribution in [0.2, 0.25) is 0 Å². The largest absolute Gasteiger partial charge is 0.507 e. The maximum Gasteiger partial charge on any atom is 0.251 e. The zero-order chi connectivity index (χ0) is 42.7. The van der Waals surface area contributed by atoms with Gasteiger partial charge in [-0.2, -0.15) is 0 Å². The monoisotopic (exact) mass is 802 g/mol. The van der Waals surface area contributed by atoms with E-state index in [1.54, 1.807) is 64.2 Å². The van der Waals surface area contributed by atoms with E-state index in [0.717, 1.165) is 11.8 Å². The highest BCUT2D eigenvalue weighted by atomic mass is 32.2. The summed E-state index contributed by atoms with van der Waals surface area (Å²) >= 11 is 0.906. The number of ketones is 4. The predicted molar refractivity (Wildman–Crippen MR) is 221 cm³/mol. The summed E-state index contributed by atoms with van der Waals surface area (Å²) < 4.78 is 0. The Morgan fingerprint density at radius 3 is 2.18 bits per heavy atom. The molecule has 4 bridgehead atoms. The van der Waals surface area contributed by atoms with Crippen molar-refractivity contribution in [3.8, 4) is 5.75 Å². The quantitative estimate of drug-likeness (QED) is 0.170. The van der Waals surface area contributed by atoms with Gasteiger partial charge >= 0.3 is 0 Å². The molecule has 13 heteroatoms. The number of hydrogen-bond acceptors (Lipinski definition) is 11. The van der Waals surface area contributed by atoms with Crippen molar-refractivity contribution in [2.75, 3.05) is 12.3 Å². The van der Waals surface area contributed by atoms with Crippen LogP contribution in [0.4, 0.5) is 0 Å². The van der Waals surface area contributed by atoms with E-state index in [4.69, 9.17) is 0 Å². The molecule has 2 aliphatic heterocycles. The number of benzene rings is 1. The number of thioether (sulfide) groups is 1. The minimum atomic E-state index is -1.03. The normalized spacial score (nSPS) is 29.4. The van der Waals surface area contributed by atoms with Gasteiger partial charge in [-0.3, -0.25) is 28.8 Å². The molecule has 2 amide bonds. The summed E-state index contributed by atoms with van der Waals surface area (Å²) in [5, 5.41) is 48.9.